The van der Waals surface area contributed by atoms with Crippen molar-refractivity contribution in [1.29, 1.82) is 0 Å². The number of nitrogens with zero attached hydrogens (tertiary/aromatic N) is 2. The van der Waals surface area contributed by atoms with Crippen LogP contribution in [-0.2, 0) is 0 Å². The van der Waals surface area contributed by atoms with E-state index in [1.54, 1.807) is 18.5 Å². The number of ether oxygens (including phenoxy) is 1. The molecule has 2 rings (SSSR count). The molecule has 0 radical (unpaired) electrons. The average molecular weight is 215 g/mol. The van der Waals surface area contributed by atoms with Gasteiger partial charge in [0.05, 0.1) is 18.1 Å². The summed E-state index contributed by atoms with van der Waals surface area (Å²) in [5.74, 6) is 1.96. The first kappa shape index (κ1) is 10.4. The maximum absolute atomic E-state index is 5.83. The zero-order chi connectivity index (χ0) is 11.5. The minimum atomic E-state index is 0.589. The third-order valence-corrected chi connectivity index (χ3v) is 2.22. The van der Waals surface area contributed by atoms with Crippen molar-refractivity contribution in [3.8, 4) is 11.5 Å². The molecule has 16 heavy (non-hydrogen) atoms. The van der Waals surface area contributed by atoms with Gasteiger partial charge >= 0.3 is 0 Å². The van der Waals surface area contributed by atoms with Gasteiger partial charge in [0.2, 0.25) is 0 Å². The molecule has 0 bridgehead atoms. The summed E-state index contributed by atoms with van der Waals surface area (Å²) in [5.41, 5.74) is 7.43. The molecule has 82 valence electrons. The molecule has 0 atom stereocenters. The smallest absolute Gasteiger partial charge is 0.164 e. The standard InChI is InChI=1S/C12H13N3O/c1-8-4-3-5-11(13)12(8)16-10-6-14-9(2)15-7-10/h3-7H,13H2,1-2H3. The second kappa shape index (κ2) is 4.18. The first-order valence-corrected chi connectivity index (χ1v) is 4.98. The van der Waals surface area contributed by atoms with Crippen LogP contribution in [-0.4, -0.2) is 9.97 Å². The number of rotatable bonds is 2. The molecule has 0 aliphatic heterocycles. The van der Waals surface area contributed by atoms with Crippen LogP contribution in [0.2, 0.25) is 0 Å². The highest BCUT2D eigenvalue weighted by molar-refractivity contribution is 5.57. The number of aryl methyl sites for hydroxylation is 2. The summed E-state index contributed by atoms with van der Waals surface area (Å²) in [6.07, 6.45) is 3.27. The minimum absolute atomic E-state index is 0.589. The molecule has 0 fully saturated rings. The number of nitrogen functional groups attached to an aromatic ring is 1. The van der Waals surface area contributed by atoms with E-state index in [1.165, 1.54) is 0 Å². The predicted octanol–water partition coefficient (Wildman–Crippen LogP) is 2.47. The van der Waals surface area contributed by atoms with Gasteiger partial charge < -0.3 is 10.5 Å². The molecule has 1 heterocycles. The van der Waals surface area contributed by atoms with Crippen molar-refractivity contribution in [2.45, 2.75) is 13.8 Å². The Hall–Kier alpha value is -2.10. The molecule has 0 saturated carbocycles. The first-order chi connectivity index (χ1) is 7.66. The van der Waals surface area contributed by atoms with Crippen LogP contribution in [0.15, 0.2) is 30.6 Å². The van der Waals surface area contributed by atoms with Gasteiger partial charge in [-0.15, -0.1) is 0 Å². The maximum atomic E-state index is 5.83. The summed E-state index contributed by atoms with van der Waals surface area (Å²) in [6.45, 7) is 3.77. The summed E-state index contributed by atoms with van der Waals surface area (Å²) in [5, 5.41) is 0. The normalized spacial score (nSPS) is 10.1. The fourth-order valence-corrected chi connectivity index (χ4v) is 1.37. The van der Waals surface area contributed by atoms with Gasteiger partial charge in [-0.05, 0) is 25.5 Å². The van der Waals surface area contributed by atoms with E-state index in [1.807, 2.05) is 26.0 Å². The van der Waals surface area contributed by atoms with Gasteiger partial charge in [0.25, 0.3) is 0 Å². The number of nitrogens with two attached hydrogens (primary N) is 1. The zero-order valence-corrected chi connectivity index (χ0v) is 9.27. The summed E-state index contributed by atoms with van der Waals surface area (Å²) in [6, 6.07) is 5.64. The summed E-state index contributed by atoms with van der Waals surface area (Å²) < 4.78 is 5.64. The summed E-state index contributed by atoms with van der Waals surface area (Å²) >= 11 is 0. The van der Waals surface area contributed by atoms with Crippen LogP contribution in [0.25, 0.3) is 0 Å². The minimum Gasteiger partial charge on any atom is -0.452 e. The highest BCUT2D eigenvalue weighted by Gasteiger charge is 2.05. The van der Waals surface area contributed by atoms with Gasteiger partial charge in [0.1, 0.15) is 5.82 Å². The van der Waals surface area contributed by atoms with E-state index in [0.717, 1.165) is 5.56 Å². The van der Waals surface area contributed by atoms with E-state index < -0.39 is 0 Å². The van der Waals surface area contributed by atoms with Crippen molar-refractivity contribution in [3.05, 3.63) is 42.0 Å². The molecule has 1 aromatic heterocycles. The molecule has 1 aromatic carbocycles. The van der Waals surface area contributed by atoms with E-state index >= 15 is 0 Å². The quantitative estimate of drug-likeness (QED) is 0.782. The zero-order valence-electron chi connectivity index (χ0n) is 9.27. The fourth-order valence-electron chi connectivity index (χ4n) is 1.37. The van der Waals surface area contributed by atoms with Gasteiger partial charge in [0.15, 0.2) is 11.5 Å². The van der Waals surface area contributed by atoms with E-state index in [9.17, 15) is 0 Å². The number of hydrogen-bond acceptors (Lipinski definition) is 4. The van der Waals surface area contributed by atoms with Crippen molar-refractivity contribution < 1.29 is 4.74 Å². The van der Waals surface area contributed by atoms with Crippen molar-refractivity contribution in [2.75, 3.05) is 5.73 Å². The Bertz CT molecular complexity index is 474. The van der Waals surface area contributed by atoms with E-state index in [-0.39, 0.29) is 0 Å². The van der Waals surface area contributed by atoms with Gasteiger partial charge in [0, 0.05) is 0 Å². The number of anilines is 1. The van der Waals surface area contributed by atoms with Crippen LogP contribution in [0.4, 0.5) is 5.69 Å². The highest BCUT2D eigenvalue weighted by atomic mass is 16.5. The Kier molecular flexibility index (Phi) is 2.72. The highest BCUT2D eigenvalue weighted by Crippen LogP contribution is 2.29. The van der Waals surface area contributed by atoms with E-state index in [2.05, 4.69) is 9.97 Å². The SMILES string of the molecule is Cc1ncc(Oc2c(C)cccc2N)cn1. The second-order valence-electron chi connectivity index (χ2n) is 3.56. The third-order valence-electron chi connectivity index (χ3n) is 2.22. The Morgan fingerprint density at radius 3 is 2.44 bits per heavy atom. The lowest BCUT2D eigenvalue weighted by atomic mass is 10.2. The Balaban J connectivity index is 2.30. The average Bonchev–Trinajstić information content (AvgIpc) is 2.26. The van der Waals surface area contributed by atoms with Crippen LogP contribution in [0, 0.1) is 13.8 Å². The van der Waals surface area contributed by atoms with Gasteiger partial charge in [-0.2, -0.15) is 0 Å². The summed E-state index contributed by atoms with van der Waals surface area (Å²) in [7, 11) is 0. The lowest BCUT2D eigenvalue weighted by Crippen LogP contribution is -1.95. The Morgan fingerprint density at radius 2 is 1.81 bits per heavy atom. The van der Waals surface area contributed by atoms with Crippen molar-refractivity contribution in [2.24, 2.45) is 0 Å². The summed E-state index contributed by atoms with van der Waals surface area (Å²) in [4.78, 5) is 8.12. The monoisotopic (exact) mass is 215 g/mol. The largest absolute Gasteiger partial charge is 0.452 e. The lowest BCUT2D eigenvalue weighted by molar-refractivity contribution is 0.475. The maximum Gasteiger partial charge on any atom is 0.164 e. The van der Waals surface area contributed by atoms with Crippen molar-refractivity contribution >= 4 is 5.69 Å². The molecule has 0 spiro atoms. The topological polar surface area (TPSA) is 61.0 Å². The van der Waals surface area contributed by atoms with E-state index in [4.69, 9.17) is 10.5 Å². The van der Waals surface area contributed by atoms with Gasteiger partial charge in [-0.25, -0.2) is 9.97 Å². The molecule has 2 N–H and O–H groups in total. The van der Waals surface area contributed by atoms with Crippen LogP contribution >= 0.6 is 0 Å². The van der Waals surface area contributed by atoms with Crippen LogP contribution in [0.3, 0.4) is 0 Å². The third kappa shape index (κ3) is 2.11. The van der Waals surface area contributed by atoms with Crippen molar-refractivity contribution in [3.63, 3.8) is 0 Å². The number of aromatic nitrogens is 2. The molecule has 0 amide bonds. The first-order valence-electron chi connectivity index (χ1n) is 4.98. The number of hydrogen-bond donors (Lipinski definition) is 1. The van der Waals surface area contributed by atoms with Gasteiger partial charge in [-0.1, -0.05) is 12.1 Å². The Labute approximate surface area is 94.1 Å². The van der Waals surface area contributed by atoms with Crippen LogP contribution in [0.5, 0.6) is 11.5 Å². The van der Waals surface area contributed by atoms with E-state index in [0.29, 0.717) is 23.0 Å². The molecule has 0 saturated heterocycles. The van der Waals surface area contributed by atoms with Crippen molar-refractivity contribution in [1.82, 2.24) is 9.97 Å². The number of para-hydroxylation sites is 1. The molecular formula is C12H13N3O. The molecule has 4 heteroatoms. The van der Waals surface area contributed by atoms with Crippen LogP contribution < -0.4 is 10.5 Å². The predicted molar refractivity (Wildman–Crippen MR) is 62.4 cm³/mol. The molecule has 0 unspecified atom stereocenters. The Morgan fingerprint density at radius 1 is 1.12 bits per heavy atom. The molecule has 0 aliphatic carbocycles. The number of benzene rings is 1. The molecular weight excluding hydrogens is 202 g/mol. The van der Waals surface area contributed by atoms with Gasteiger partial charge in [-0.3, -0.25) is 0 Å². The fraction of sp³-hybridized carbons (Fsp3) is 0.167. The van der Waals surface area contributed by atoms with Crippen LogP contribution in [0.1, 0.15) is 11.4 Å². The molecule has 0 aliphatic rings. The molecule has 2 aromatic rings. The second-order valence-corrected chi connectivity index (χ2v) is 3.56. The lowest BCUT2D eigenvalue weighted by Gasteiger charge is -2.10. The molecule has 4 nitrogen and oxygen atoms in total.